The first-order chi connectivity index (χ1) is 21.5. The lowest BCUT2D eigenvalue weighted by atomic mass is 10.0. The largest absolute Gasteiger partial charge is 0.495 e. The number of likely N-dealkylation sites (N-methyl/N-ethyl adjacent to an activating group) is 1. The van der Waals surface area contributed by atoms with Crippen LogP contribution in [0.25, 0.3) is 0 Å². The Bertz CT molecular complexity index is 1750. The van der Waals surface area contributed by atoms with Crippen molar-refractivity contribution in [1.82, 2.24) is 10.2 Å². The van der Waals surface area contributed by atoms with Crippen LogP contribution in [0.4, 0.5) is 5.69 Å². The topological polar surface area (TPSA) is 96.0 Å². The van der Waals surface area contributed by atoms with Crippen molar-refractivity contribution in [2.45, 2.75) is 30.8 Å². The summed E-state index contributed by atoms with van der Waals surface area (Å²) in [6, 6.07) is 23.8. The molecule has 0 heterocycles. The number of ether oxygens (including phenoxy) is 1. The molecule has 12 heteroatoms. The molecule has 0 aliphatic carbocycles. The predicted octanol–water partition coefficient (Wildman–Crippen LogP) is 6.55. The number of amides is 2. The Hall–Kier alpha value is -3.76. The third-order valence-corrected chi connectivity index (χ3v) is 10.0. The van der Waals surface area contributed by atoms with Gasteiger partial charge in [-0.15, -0.1) is 0 Å². The number of benzene rings is 4. The monoisotopic (exact) mass is 687 g/mol. The summed E-state index contributed by atoms with van der Waals surface area (Å²) in [6.07, 6.45) is 0.146. The van der Waals surface area contributed by atoms with Gasteiger partial charge in [-0.05, 0) is 55.0 Å². The third kappa shape index (κ3) is 8.10. The fraction of sp³-hybridized carbons (Fsp3) is 0.212. The number of aryl methyl sites for hydroxylation is 1. The summed E-state index contributed by atoms with van der Waals surface area (Å²) in [7, 11) is -1.39. The molecule has 4 aromatic carbocycles. The first-order valence-electron chi connectivity index (χ1n) is 13.9. The number of carbonyl (C=O) groups is 2. The minimum absolute atomic E-state index is 0.0272. The van der Waals surface area contributed by atoms with Gasteiger partial charge in [0.15, 0.2) is 0 Å². The van der Waals surface area contributed by atoms with E-state index >= 15 is 0 Å². The standard InChI is InChI=1S/C33H32Cl3N3O5S/c1-22-12-15-25(16-13-22)45(42,43)39(24-14-17-31(44-3)29(36)19-24)21-32(40)38(20-26-27(34)10-7-11-28(26)35)30(33(41)37-2)18-23-8-5-4-6-9-23/h4-17,19,30H,18,20-21H2,1-3H3,(H,37,41)/t30-/m1/s1. The summed E-state index contributed by atoms with van der Waals surface area (Å²) in [6.45, 7) is 1.01. The van der Waals surface area contributed by atoms with Crippen LogP contribution in [-0.4, -0.2) is 51.9 Å². The maximum atomic E-state index is 14.4. The quantitative estimate of drug-likeness (QED) is 0.182. The molecule has 4 aromatic rings. The van der Waals surface area contributed by atoms with Crippen molar-refractivity contribution in [2.24, 2.45) is 0 Å². The van der Waals surface area contributed by atoms with E-state index in [1.54, 1.807) is 30.3 Å². The Labute approximate surface area is 278 Å². The molecule has 1 N–H and O–H groups in total. The van der Waals surface area contributed by atoms with E-state index < -0.39 is 34.4 Å². The summed E-state index contributed by atoms with van der Waals surface area (Å²) in [5, 5.41) is 3.38. The highest BCUT2D eigenvalue weighted by Crippen LogP contribution is 2.33. The van der Waals surface area contributed by atoms with Crippen LogP contribution in [0.2, 0.25) is 15.1 Å². The second-order valence-electron chi connectivity index (χ2n) is 10.2. The van der Waals surface area contributed by atoms with E-state index in [9.17, 15) is 18.0 Å². The average Bonchev–Trinajstić information content (AvgIpc) is 3.02. The highest BCUT2D eigenvalue weighted by molar-refractivity contribution is 7.92. The number of rotatable bonds is 12. The van der Waals surface area contributed by atoms with Gasteiger partial charge in [0.25, 0.3) is 10.0 Å². The highest BCUT2D eigenvalue weighted by Gasteiger charge is 2.35. The first kappa shape index (κ1) is 34.1. The number of anilines is 1. The molecule has 2 amide bonds. The molecule has 236 valence electrons. The molecule has 0 unspecified atom stereocenters. The van der Waals surface area contributed by atoms with Crippen LogP contribution in [-0.2, 0) is 32.6 Å². The molecule has 0 bridgehead atoms. The molecule has 4 rings (SSSR count). The average molecular weight is 689 g/mol. The maximum Gasteiger partial charge on any atom is 0.264 e. The van der Waals surface area contributed by atoms with Crippen LogP contribution in [0.3, 0.4) is 0 Å². The number of hydrogen-bond donors (Lipinski definition) is 1. The molecule has 0 saturated carbocycles. The summed E-state index contributed by atoms with van der Waals surface area (Å²) in [4.78, 5) is 29.1. The molecule has 0 saturated heterocycles. The van der Waals surface area contributed by atoms with E-state index in [-0.39, 0.29) is 28.6 Å². The Kier molecular flexibility index (Phi) is 11.4. The van der Waals surface area contributed by atoms with Crippen LogP contribution >= 0.6 is 34.8 Å². The second-order valence-corrected chi connectivity index (χ2v) is 13.3. The van der Waals surface area contributed by atoms with E-state index in [1.165, 1.54) is 49.4 Å². The molecular weight excluding hydrogens is 657 g/mol. The lowest BCUT2D eigenvalue weighted by molar-refractivity contribution is -0.139. The molecule has 45 heavy (non-hydrogen) atoms. The lowest BCUT2D eigenvalue weighted by Crippen LogP contribution is -2.53. The fourth-order valence-electron chi connectivity index (χ4n) is 4.75. The Morgan fingerprint density at radius 2 is 1.51 bits per heavy atom. The number of hydrogen-bond acceptors (Lipinski definition) is 5. The van der Waals surface area contributed by atoms with Gasteiger partial charge in [-0.3, -0.25) is 13.9 Å². The van der Waals surface area contributed by atoms with Gasteiger partial charge in [-0.25, -0.2) is 8.42 Å². The number of methoxy groups -OCH3 is 1. The second kappa shape index (κ2) is 15.0. The van der Waals surface area contributed by atoms with E-state index in [1.807, 2.05) is 37.3 Å². The van der Waals surface area contributed by atoms with Gasteiger partial charge in [0, 0.05) is 35.6 Å². The lowest BCUT2D eigenvalue weighted by Gasteiger charge is -2.34. The normalized spacial score (nSPS) is 11.9. The molecule has 0 fully saturated rings. The summed E-state index contributed by atoms with van der Waals surface area (Å²) < 4.78 is 34.5. The van der Waals surface area contributed by atoms with Crippen molar-refractivity contribution in [3.05, 3.63) is 123 Å². The van der Waals surface area contributed by atoms with Gasteiger partial charge >= 0.3 is 0 Å². The van der Waals surface area contributed by atoms with Crippen molar-refractivity contribution in [1.29, 1.82) is 0 Å². The Morgan fingerprint density at radius 3 is 2.09 bits per heavy atom. The van der Waals surface area contributed by atoms with Gasteiger partial charge < -0.3 is 15.0 Å². The number of carbonyl (C=O) groups excluding carboxylic acids is 2. The van der Waals surface area contributed by atoms with Gasteiger partial charge in [0.05, 0.1) is 22.7 Å². The first-order valence-corrected chi connectivity index (χ1v) is 16.4. The van der Waals surface area contributed by atoms with Crippen molar-refractivity contribution < 1.29 is 22.7 Å². The zero-order valence-electron chi connectivity index (χ0n) is 24.8. The highest BCUT2D eigenvalue weighted by atomic mass is 35.5. The van der Waals surface area contributed by atoms with Crippen LogP contribution in [0, 0.1) is 6.92 Å². The SMILES string of the molecule is CNC(=O)[C@@H](Cc1ccccc1)N(Cc1c(Cl)cccc1Cl)C(=O)CN(c1ccc(OC)c(Cl)c1)S(=O)(=O)c1ccc(C)cc1. The zero-order valence-corrected chi connectivity index (χ0v) is 27.9. The number of nitrogens with zero attached hydrogens (tertiary/aromatic N) is 2. The molecule has 0 spiro atoms. The summed E-state index contributed by atoms with van der Waals surface area (Å²) in [5.74, 6) is -0.786. The van der Waals surface area contributed by atoms with Crippen molar-refractivity contribution in [3.8, 4) is 5.75 Å². The van der Waals surface area contributed by atoms with Gasteiger partial charge in [0.2, 0.25) is 11.8 Å². The van der Waals surface area contributed by atoms with Crippen molar-refractivity contribution in [3.63, 3.8) is 0 Å². The van der Waals surface area contributed by atoms with Crippen LogP contribution in [0.1, 0.15) is 16.7 Å². The zero-order chi connectivity index (χ0) is 32.7. The summed E-state index contributed by atoms with van der Waals surface area (Å²) >= 11 is 19.4. The van der Waals surface area contributed by atoms with Crippen molar-refractivity contribution in [2.75, 3.05) is 25.0 Å². The third-order valence-electron chi connectivity index (χ3n) is 7.22. The van der Waals surface area contributed by atoms with Crippen LogP contribution in [0.15, 0.2) is 95.9 Å². The van der Waals surface area contributed by atoms with Crippen molar-refractivity contribution >= 4 is 62.3 Å². The molecule has 8 nitrogen and oxygen atoms in total. The van der Waals surface area contributed by atoms with E-state index in [0.717, 1.165) is 15.4 Å². The predicted molar refractivity (Wildman–Crippen MR) is 179 cm³/mol. The van der Waals surface area contributed by atoms with E-state index in [4.69, 9.17) is 39.5 Å². The van der Waals surface area contributed by atoms with Gasteiger partial charge in [0.1, 0.15) is 18.3 Å². The van der Waals surface area contributed by atoms with Crippen LogP contribution < -0.4 is 14.4 Å². The number of halogens is 3. The minimum atomic E-state index is -4.30. The number of nitrogens with one attached hydrogen (secondary N) is 1. The number of sulfonamides is 1. The molecule has 0 aliphatic rings. The molecular formula is C33H32Cl3N3O5S. The van der Waals surface area contributed by atoms with E-state index in [2.05, 4.69) is 5.32 Å². The van der Waals surface area contributed by atoms with Gasteiger partial charge in [-0.2, -0.15) is 0 Å². The maximum absolute atomic E-state index is 14.4. The van der Waals surface area contributed by atoms with Crippen LogP contribution in [0.5, 0.6) is 5.75 Å². The molecule has 0 aromatic heterocycles. The molecule has 1 atom stereocenters. The minimum Gasteiger partial charge on any atom is -0.495 e. The Balaban J connectivity index is 1.84. The fourth-order valence-corrected chi connectivity index (χ4v) is 6.93. The molecule has 0 aliphatic heterocycles. The van der Waals surface area contributed by atoms with E-state index in [0.29, 0.717) is 21.4 Å². The Morgan fingerprint density at radius 1 is 0.867 bits per heavy atom. The summed E-state index contributed by atoms with van der Waals surface area (Å²) in [5.41, 5.74) is 2.20. The molecule has 0 radical (unpaired) electrons. The van der Waals surface area contributed by atoms with Gasteiger partial charge in [-0.1, -0.05) is 88.9 Å². The smallest absolute Gasteiger partial charge is 0.264 e.